The number of esters is 1. The molecule has 1 heterocycles. The lowest BCUT2D eigenvalue weighted by atomic mass is 10.1. The minimum atomic E-state index is -0.448. The van der Waals surface area contributed by atoms with Crippen LogP contribution in [0.3, 0.4) is 0 Å². The number of nitrogen functional groups attached to an aromatic ring is 2. The van der Waals surface area contributed by atoms with Gasteiger partial charge in [-0.1, -0.05) is 0 Å². The Labute approximate surface area is 99.7 Å². The van der Waals surface area contributed by atoms with Crippen LogP contribution >= 0.6 is 0 Å². The SMILES string of the molecule is Nc1cc(N)cc(C(=O)OC2CCCCO2)c1. The fourth-order valence-corrected chi connectivity index (χ4v) is 1.79. The molecule has 0 radical (unpaired) electrons. The molecule has 92 valence electrons. The van der Waals surface area contributed by atoms with Gasteiger partial charge in [-0.3, -0.25) is 0 Å². The van der Waals surface area contributed by atoms with E-state index in [1.54, 1.807) is 18.2 Å². The molecule has 1 aliphatic rings. The topological polar surface area (TPSA) is 87.6 Å². The van der Waals surface area contributed by atoms with Crippen molar-refractivity contribution in [1.82, 2.24) is 0 Å². The van der Waals surface area contributed by atoms with Gasteiger partial charge in [0.25, 0.3) is 0 Å². The summed E-state index contributed by atoms with van der Waals surface area (Å²) in [5.41, 5.74) is 12.5. The Morgan fingerprint density at radius 1 is 1.24 bits per heavy atom. The second kappa shape index (κ2) is 5.05. The van der Waals surface area contributed by atoms with Crippen LogP contribution in [-0.2, 0) is 9.47 Å². The Balaban J connectivity index is 2.03. The molecule has 1 aliphatic heterocycles. The Kier molecular flexibility index (Phi) is 3.49. The maximum atomic E-state index is 11.8. The maximum Gasteiger partial charge on any atom is 0.340 e. The zero-order valence-corrected chi connectivity index (χ0v) is 9.52. The molecule has 0 aliphatic carbocycles. The molecule has 1 saturated heterocycles. The van der Waals surface area contributed by atoms with E-state index in [0.29, 0.717) is 23.5 Å². The standard InChI is InChI=1S/C12H16N2O3/c13-9-5-8(6-10(14)7-9)12(15)17-11-3-1-2-4-16-11/h5-7,11H,1-4,13-14H2. The van der Waals surface area contributed by atoms with Crippen molar-refractivity contribution in [3.8, 4) is 0 Å². The molecule has 0 amide bonds. The predicted octanol–water partition coefficient (Wildman–Crippen LogP) is 1.53. The largest absolute Gasteiger partial charge is 0.432 e. The molecule has 1 fully saturated rings. The summed E-state index contributed by atoms with van der Waals surface area (Å²) in [6.45, 7) is 0.636. The molecule has 4 N–H and O–H groups in total. The van der Waals surface area contributed by atoms with Crippen molar-refractivity contribution in [2.24, 2.45) is 0 Å². The lowest BCUT2D eigenvalue weighted by molar-refractivity contribution is -0.130. The van der Waals surface area contributed by atoms with Gasteiger partial charge in [-0.25, -0.2) is 4.79 Å². The van der Waals surface area contributed by atoms with Gasteiger partial charge in [-0.15, -0.1) is 0 Å². The highest BCUT2D eigenvalue weighted by molar-refractivity contribution is 5.91. The fraction of sp³-hybridized carbons (Fsp3) is 0.417. The van der Waals surface area contributed by atoms with E-state index in [1.165, 1.54) is 0 Å². The minimum absolute atomic E-state index is 0.358. The van der Waals surface area contributed by atoms with E-state index in [4.69, 9.17) is 20.9 Å². The van der Waals surface area contributed by atoms with Crippen LogP contribution in [0.25, 0.3) is 0 Å². The maximum absolute atomic E-state index is 11.8. The molecule has 1 aromatic carbocycles. The van der Waals surface area contributed by atoms with Crippen LogP contribution in [0, 0.1) is 0 Å². The van der Waals surface area contributed by atoms with Gasteiger partial charge in [0, 0.05) is 17.8 Å². The third kappa shape index (κ3) is 3.10. The van der Waals surface area contributed by atoms with Crippen LogP contribution in [0.15, 0.2) is 18.2 Å². The summed E-state index contributed by atoms with van der Waals surface area (Å²) >= 11 is 0. The van der Waals surface area contributed by atoms with Crippen LogP contribution in [0.2, 0.25) is 0 Å². The Morgan fingerprint density at radius 2 is 1.94 bits per heavy atom. The summed E-state index contributed by atoms with van der Waals surface area (Å²) in [5, 5.41) is 0. The van der Waals surface area contributed by atoms with Gasteiger partial charge < -0.3 is 20.9 Å². The van der Waals surface area contributed by atoms with Crippen molar-refractivity contribution >= 4 is 17.3 Å². The summed E-state index contributed by atoms with van der Waals surface area (Å²) < 4.78 is 10.5. The van der Waals surface area contributed by atoms with Crippen LogP contribution in [0.5, 0.6) is 0 Å². The molecular weight excluding hydrogens is 220 g/mol. The van der Waals surface area contributed by atoms with Gasteiger partial charge in [-0.2, -0.15) is 0 Å². The average Bonchev–Trinajstić information content (AvgIpc) is 2.29. The molecule has 1 unspecified atom stereocenters. The van der Waals surface area contributed by atoms with Crippen LogP contribution < -0.4 is 11.5 Å². The van der Waals surface area contributed by atoms with E-state index in [9.17, 15) is 4.79 Å². The quantitative estimate of drug-likeness (QED) is 0.600. The van der Waals surface area contributed by atoms with Crippen molar-refractivity contribution in [3.63, 3.8) is 0 Å². The fourth-order valence-electron chi connectivity index (χ4n) is 1.79. The van der Waals surface area contributed by atoms with Gasteiger partial charge in [0.1, 0.15) is 0 Å². The molecule has 17 heavy (non-hydrogen) atoms. The highest BCUT2D eigenvalue weighted by atomic mass is 16.7. The Morgan fingerprint density at radius 3 is 2.53 bits per heavy atom. The molecular formula is C12H16N2O3. The third-order valence-electron chi connectivity index (χ3n) is 2.59. The van der Waals surface area contributed by atoms with Gasteiger partial charge in [0.2, 0.25) is 6.29 Å². The molecule has 0 aromatic heterocycles. The predicted molar refractivity (Wildman–Crippen MR) is 64.3 cm³/mol. The van der Waals surface area contributed by atoms with E-state index in [1.807, 2.05) is 0 Å². The Bertz CT molecular complexity index is 394. The lowest BCUT2D eigenvalue weighted by Gasteiger charge is -2.22. The molecule has 1 aromatic rings. The van der Waals surface area contributed by atoms with E-state index < -0.39 is 12.3 Å². The molecule has 2 rings (SSSR count). The number of carbonyl (C=O) groups excluding carboxylic acids is 1. The number of ether oxygens (including phenoxy) is 2. The van der Waals surface area contributed by atoms with Gasteiger partial charge in [0.15, 0.2) is 0 Å². The van der Waals surface area contributed by atoms with Crippen molar-refractivity contribution in [2.75, 3.05) is 18.1 Å². The number of rotatable bonds is 2. The van der Waals surface area contributed by atoms with Crippen molar-refractivity contribution < 1.29 is 14.3 Å². The second-order valence-electron chi connectivity index (χ2n) is 4.09. The lowest BCUT2D eigenvalue weighted by Crippen LogP contribution is -2.25. The summed E-state index contributed by atoms with van der Waals surface area (Å²) in [7, 11) is 0. The van der Waals surface area contributed by atoms with Crippen LogP contribution in [-0.4, -0.2) is 18.9 Å². The number of nitrogens with two attached hydrogens (primary N) is 2. The molecule has 0 spiro atoms. The van der Waals surface area contributed by atoms with Crippen molar-refractivity contribution in [1.29, 1.82) is 0 Å². The summed E-state index contributed by atoms with van der Waals surface area (Å²) in [6.07, 6.45) is 2.32. The van der Waals surface area contributed by atoms with Crippen molar-refractivity contribution in [2.45, 2.75) is 25.6 Å². The summed E-state index contributed by atoms with van der Waals surface area (Å²) in [4.78, 5) is 11.8. The van der Waals surface area contributed by atoms with Crippen LogP contribution in [0.1, 0.15) is 29.6 Å². The average molecular weight is 236 g/mol. The van der Waals surface area contributed by atoms with Crippen LogP contribution in [0.4, 0.5) is 11.4 Å². The highest BCUT2D eigenvalue weighted by Crippen LogP contribution is 2.18. The first kappa shape index (κ1) is 11.7. The summed E-state index contributed by atoms with van der Waals surface area (Å²) in [6, 6.07) is 4.68. The number of benzene rings is 1. The smallest absolute Gasteiger partial charge is 0.340 e. The third-order valence-corrected chi connectivity index (χ3v) is 2.59. The molecule has 0 bridgehead atoms. The monoisotopic (exact) mass is 236 g/mol. The van der Waals surface area contributed by atoms with Crippen molar-refractivity contribution in [3.05, 3.63) is 23.8 Å². The first-order valence-corrected chi connectivity index (χ1v) is 5.64. The Hall–Kier alpha value is -1.75. The molecule has 5 heteroatoms. The second-order valence-corrected chi connectivity index (χ2v) is 4.09. The first-order chi connectivity index (χ1) is 8.15. The van der Waals surface area contributed by atoms with E-state index in [0.717, 1.165) is 19.3 Å². The van der Waals surface area contributed by atoms with Gasteiger partial charge >= 0.3 is 5.97 Å². The number of anilines is 2. The van der Waals surface area contributed by atoms with E-state index in [2.05, 4.69) is 0 Å². The zero-order valence-electron chi connectivity index (χ0n) is 9.52. The molecule has 1 atom stereocenters. The number of hydrogen-bond donors (Lipinski definition) is 2. The number of carbonyl (C=O) groups is 1. The minimum Gasteiger partial charge on any atom is -0.432 e. The first-order valence-electron chi connectivity index (χ1n) is 5.64. The highest BCUT2D eigenvalue weighted by Gasteiger charge is 2.19. The van der Waals surface area contributed by atoms with Gasteiger partial charge in [0.05, 0.1) is 12.2 Å². The molecule has 5 nitrogen and oxygen atoms in total. The zero-order chi connectivity index (χ0) is 12.3. The van der Waals surface area contributed by atoms with E-state index >= 15 is 0 Å². The van der Waals surface area contributed by atoms with Gasteiger partial charge in [-0.05, 0) is 31.0 Å². The summed E-state index contributed by atoms with van der Waals surface area (Å²) in [5.74, 6) is -0.448. The molecule has 0 saturated carbocycles. The van der Waals surface area contributed by atoms with E-state index in [-0.39, 0.29) is 0 Å². The number of hydrogen-bond acceptors (Lipinski definition) is 5. The normalized spacial score (nSPS) is 19.9.